The Morgan fingerprint density at radius 1 is 1.18 bits per heavy atom. The molecule has 0 bridgehead atoms. The SMILES string of the molecule is CC(C)(C)OC(=O)CNC(=O)c1c(O)c2c(n(Cc3cc(F)c(F)cc3F)c1=O)CCOC2. The molecule has 3 rings (SSSR count). The number of benzene rings is 1. The van der Waals surface area contributed by atoms with Gasteiger partial charge in [-0.25, -0.2) is 13.2 Å². The van der Waals surface area contributed by atoms with Crippen LogP contribution in [0.25, 0.3) is 0 Å². The summed E-state index contributed by atoms with van der Waals surface area (Å²) in [5, 5.41) is 12.8. The lowest BCUT2D eigenvalue weighted by Crippen LogP contribution is -2.39. The lowest BCUT2D eigenvalue weighted by molar-refractivity contribution is -0.153. The van der Waals surface area contributed by atoms with Gasteiger partial charge in [0.05, 0.1) is 19.8 Å². The number of carbonyl (C=O) groups is 2. The average Bonchev–Trinajstić information content (AvgIpc) is 2.72. The number of hydrogen-bond donors (Lipinski definition) is 2. The van der Waals surface area contributed by atoms with Crippen LogP contribution in [0.4, 0.5) is 13.2 Å². The zero-order valence-corrected chi connectivity index (χ0v) is 18.3. The maximum absolute atomic E-state index is 14.2. The first-order valence-electron chi connectivity index (χ1n) is 10.1. The Balaban J connectivity index is 2.01. The molecular formula is C22H23F3N2O6. The first kappa shape index (κ1) is 24.3. The maximum Gasteiger partial charge on any atom is 0.325 e. The van der Waals surface area contributed by atoms with Crippen LogP contribution in [0.3, 0.4) is 0 Å². The van der Waals surface area contributed by atoms with Crippen molar-refractivity contribution in [1.29, 1.82) is 0 Å². The molecule has 11 heteroatoms. The molecule has 0 saturated carbocycles. The summed E-state index contributed by atoms with van der Waals surface area (Å²) in [7, 11) is 0. The molecule has 8 nitrogen and oxygen atoms in total. The lowest BCUT2D eigenvalue weighted by atomic mass is 10.0. The van der Waals surface area contributed by atoms with Crippen molar-refractivity contribution < 1.29 is 37.3 Å². The highest BCUT2D eigenvalue weighted by Gasteiger charge is 2.29. The fourth-order valence-corrected chi connectivity index (χ4v) is 3.44. The Kier molecular flexibility index (Phi) is 6.82. The third kappa shape index (κ3) is 5.36. The van der Waals surface area contributed by atoms with Crippen molar-refractivity contribution in [1.82, 2.24) is 9.88 Å². The van der Waals surface area contributed by atoms with Gasteiger partial charge in [0.15, 0.2) is 11.6 Å². The van der Waals surface area contributed by atoms with Crippen LogP contribution in [0.5, 0.6) is 5.75 Å². The molecule has 1 aliphatic heterocycles. The van der Waals surface area contributed by atoms with Crippen LogP contribution in [0.1, 0.15) is 48.0 Å². The summed E-state index contributed by atoms with van der Waals surface area (Å²) < 4.78 is 52.6. The Bertz CT molecular complexity index is 1170. The molecule has 2 heterocycles. The molecule has 0 fully saturated rings. The van der Waals surface area contributed by atoms with E-state index in [2.05, 4.69) is 5.32 Å². The van der Waals surface area contributed by atoms with E-state index in [1.807, 2.05) is 0 Å². The molecule has 1 aromatic heterocycles. The van der Waals surface area contributed by atoms with Crippen molar-refractivity contribution in [3.63, 3.8) is 0 Å². The van der Waals surface area contributed by atoms with E-state index in [1.54, 1.807) is 20.8 Å². The normalized spacial score (nSPS) is 13.4. The van der Waals surface area contributed by atoms with Crippen molar-refractivity contribution >= 4 is 11.9 Å². The van der Waals surface area contributed by atoms with E-state index < -0.39 is 64.9 Å². The zero-order valence-electron chi connectivity index (χ0n) is 18.3. The van der Waals surface area contributed by atoms with Crippen LogP contribution in [0.2, 0.25) is 0 Å². The minimum atomic E-state index is -1.38. The number of halogens is 3. The van der Waals surface area contributed by atoms with Gasteiger partial charge < -0.3 is 24.5 Å². The summed E-state index contributed by atoms with van der Waals surface area (Å²) in [6.07, 6.45) is 0.156. The van der Waals surface area contributed by atoms with Gasteiger partial charge in [-0.15, -0.1) is 0 Å². The Morgan fingerprint density at radius 3 is 2.52 bits per heavy atom. The number of nitrogens with one attached hydrogen (secondary N) is 1. The fourth-order valence-electron chi connectivity index (χ4n) is 3.44. The van der Waals surface area contributed by atoms with Crippen LogP contribution in [-0.2, 0) is 33.8 Å². The number of nitrogens with zero attached hydrogens (tertiary/aromatic N) is 1. The summed E-state index contributed by atoms with van der Waals surface area (Å²) in [6.45, 7) is 3.88. The highest BCUT2D eigenvalue weighted by atomic mass is 19.2. The molecule has 1 amide bonds. The van der Waals surface area contributed by atoms with Gasteiger partial charge in [-0.3, -0.25) is 14.4 Å². The number of amides is 1. The topological polar surface area (TPSA) is 107 Å². The standard InChI is InChI=1S/C22H23F3N2O6/c1-22(2,3)33-17(28)8-26-20(30)18-19(29)12-10-32-5-4-16(12)27(21(18)31)9-11-6-14(24)15(25)7-13(11)23/h6-7,29H,4-5,8-10H2,1-3H3,(H,26,30). The molecule has 0 unspecified atom stereocenters. The third-order valence-corrected chi connectivity index (χ3v) is 4.84. The quantitative estimate of drug-likeness (QED) is 0.515. The molecular weight excluding hydrogens is 445 g/mol. The molecule has 33 heavy (non-hydrogen) atoms. The van der Waals surface area contributed by atoms with Crippen molar-refractivity contribution in [2.24, 2.45) is 0 Å². The molecule has 2 aromatic rings. The second-order valence-corrected chi connectivity index (χ2v) is 8.47. The van der Waals surface area contributed by atoms with Gasteiger partial charge in [0.25, 0.3) is 11.5 Å². The van der Waals surface area contributed by atoms with Gasteiger partial charge in [0, 0.05) is 29.3 Å². The monoisotopic (exact) mass is 468 g/mol. The number of pyridine rings is 1. The Morgan fingerprint density at radius 2 is 1.85 bits per heavy atom. The van der Waals surface area contributed by atoms with Crippen molar-refractivity contribution in [3.8, 4) is 5.75 Å². The second-order valence-electron chi connectivity index (χ2n) is 8.47. The summed E-state index contributed by atoms with van der Waals surface area (Å²) in [6, 6.07) is 0.984. The van der Waals surface area contributed by atoms with E-state index >= 15 is 0 Å². The summed E-state index contributed by atoms with van der Waals surface area (Å²) in [4.78, 5) is 37.7. The minimum absolute atomic E-state index is 0.131. The highest BCUT2D eigenvalue weighted by molar-refractivity contribution is 5.98. The number of rotatable bonds is 5. The van der Waals surface area contributed by atoms with E-state index in [1.165, 1.54) is 0 Å². The van der Waals surface area contributed by atoms with Crippen LogP contribution >= 0.6 is 0 Å². The average molecular weight is 468 g/mol. The van der Waals surface area contributed by atoms with Crippen LogP contribution in [0.15, 0.2) is 16.9 Å². The van der Waals surface area contributed by atoms with E-state index in [-0.39, 0.29) is 36.5 Å². The van der Waals surface area contributed by atoms with Crippen molar-refractivity contribution in [2.45, 2.75) is 45.9 Å². The largest absolute Gasteiger partial charge is 0.506 e. The van der Waals surface area contributed by atoms with Crippen molar-refractivity contribution in [3.05, 3.63) is 62.3 Å². The number of hydrogen-bond acceptors (Lipinski definition) is 6. The molecule has 0 saturated heterocycles. The molecule has 0 atom stereocenters. The van der Waals surface area contributed by atoms with Gasteiger partial charge in [-0.1, -0.05) is 0 Å². The molecule has 0 radical (unpaired) electrons. The minimum Gasteiger partial charge on any atom is -0.506 e. The van der Waals surface area contributed by atoms with Gasteiger partial charge in [0.2, 0.25) is 0 Å². The summed E-state index contributed by atoms with van der Waals surface area (Å²) >= 11 is 0. The smallest absolute Gasteiger partial charge is 0.325 e. The van der Waals surface area contributed by atoms with Gasteiger partial charge in [0.1, 0.15) is 29.3 Å². The van der Waals surface area contributed by atoms with Crippen LogP contribution in [0, 0.1) is 17.5 Å². The summed E-state index contributed by atoms with van der Waals surface area (Å²) in [5.74, 6) is -6.21. The van der Waals surface area contributed by atoms with Crippen LogP contribution in [-0.4, -0.2) is 40.3 Å². The second kappa shape index (κ2) is 9.26. The predicted molar refractivity (Wildman–Crippen MR) is 109 cm³/mol. The van der Waals surface area contributed by atoms with Gasteiger partial charge >= 0.3 is 5.97 Å². The van der Waals surface area contributed by atoms with E-state index in [0.717, 1.165) is 4.57 Å². The van der Waals surface area contributed by atoms with Gasteiger partial charge in [-0.05, 0) is 26.8 Å². The number of esters is 1. The van der Waals surface area contributed by atoms with E-state index in [4.69, 9.17) is 9.47 Å². The van der Waals surface area contributed by atoms with Gasteiger partial charge in [-0.2, -0.15) is 0 Å². The van der Waals surface area contributed by atoms with Crippen LogP contribution < -0.4 is 10.9 Å². The molecule has 1 aliphatic rings. The first-order valence-corrected chi connectivity index (χ1v) is 10.1. The lowest BCUT2D eigenvalue weighted by Gasteiger charge is -2.24. The maximum atomic E-state index is 14.2. The Labute approximate surface area is 186 Å². The van der Waals surface area contributed by atoms with E-state index in [9.17, 15) is 32.7 Å². The molecule has 178 valence electrons. The molecule has 0 aliphatic carbocycles. The Hall–Kier alpha value is -3.34. The van der Waals surface area contributed by atoms with Crippen molar-refractivity contribution in [2.75, 3.05) is 13.2 Å². The third-order valence-electron chi connectivity index (χ3n) is 4.84. The fraction of sp³-hybridized carbons (Fsp3) is 0.409. The van der Waals surface area contributed by atoms with E-state index in [0.29, 0.717) is 12.1 Å². The predicted octanol–water partition coefficient (Wildman–Crippen LogP) is 2.16. The number of carbonyl (C=O) groups excluding carboxylic acids is 2. The summed E-state index contributed by atoms with van der Waals surface area (Å²) in [5.41, 5.74) is -2.39. The molecule has 0 spiro atoms. The zero-order chi connectivity index (χ0) is 24.5. The number of aromatic nitrogens is 1. The molecule has 1 aromatic carbocycles. The highest BCUT2D eigenvalue weighted by Crippen LogP contribution is 2.28. The molecule has 2 N–H and O–H groups in total. The number of fused-ring (bicyclic) bond motifs is 1. The number of aromatic hydroxyl groups is 1. The number of ether oxygens (including phenoxy) is 2. The first-order chi connectivity index (χ1) is 15.4.